The molecule has 0 bridgehead atoms. The molecule has 1 amide bonds. The summed E-state index contributed by atoms with van der Waals surface area (Å²) in [6.45, 7) is 0. The van der Waals surface area contributed by atoms with E-state index in [0.29, 0.717) is 16.2 Å². The fourth-order valence-corrected chi connectivity index (χ4v) is 2.48. The number of aromatic nitrogens is 1. The fourth-order valence-electron chi connectivity index (χ4n) is 1.94. The molecule has 0 saturated heterocycles. The molecule has 0 aliphatic rings. The number of halogens is 2. The van der Waals surface area contributed by atoms with Crippen LogP contribution in [0.2, 0.25) is 10.0 Å². The summed E-state index contributed by atoms with van der Waals surface area (Å²) in [7, 11) is 0. The Balaban J connectivity index is 2.05. The van der Waals surface area contributed by atoms with E-state index >= 15 is 0 Å². The predicted molar refractivity (Wildman–Crippen MR) is 84.7 cm³/mol. The van der Waals surface area contributed by atoms with E-state index in [0.717, 1.165) is 0 Å². The summed E-state index contributed by atoms with van der Waals surface area (Å²) in [6.07, 6.45) is 1.53. The maximum atomic E-state index is 12.2. The molecule has 5 nitrogen and oxygen atoms in total. The molecule has 0 atom stereocenters. The van der Waals surface area contributed by atoms with Crippen molar-refractivity contribution in [1.29, 1.82) is 0 Å². The van der Waals surface area contributed by atoms with Crippen molar-refractivity contribution in [2.45, 2.75) is 0 Å². The van der Waals surface area contributed by atoms with Crippen molar-refractivity contribution in [2.75, 3.05) is 5.32 Å². The van der Waals surface area contributed by atoms with Gasteiger partial charge in [0, 0.05) is 16.6 Å². The molecule has 3 aromatic rings. The normalized spacial score (nSPS) is 10.6. The Kier molecular flexibility index (Phi) is 3.83. The second-order valence-electron chi connectivity index (χ2n) is 4.42. The number of nitrogens with one attached hydrogen (secondary N) is 1. The van der Waals surface area contributed by atoms with Gasteiger partial charge in [-0.15, -0.1) is 0 Å². The number of pyridine rings is 1. The van der Waals surface area contributed by atoms with Crippen LogP contribution in [-0.2, 0) is 0 Å². The third-order valence-corrected chi connectivity index (χ3v) is 3.40. The molecule has 1 N–H and O–H groups in total. The maximum absolute atomic E-state index is 12.2. The summed E-state index contributed by atoms with van der Waals surface area (Å²) in [5, 5.41) is 3.56. The van der Waals surface area contributed by atoms with E-state index < -0.39 is 11.5 Å². The van der Waals surface area contributed by atoms with E-state index in [4.69, 9.17) is 27.6 Å². The van der Waals surface area contributed by atoms with Crippen molar-refractivity contribution in [2.24, 2.45) is 0 Å². The topological polar surface area (TPSA) is 72.2 Å². The number of rotatable bonds is 2. The van der Waals surface area contributed by atoms with Gasteiger partial charge < -0.3 is 9.73 Å². The first kappa shape index (κ1) is 14.6. The molecule has 0 unspecified atom stereocenters. The van der Waals surface area contributed by atoms with E-state index in [1.165, 1.54) is 18.3 Å². The van der Waals surface area contributed by atoms with Gasteiger partial charge in [-0.3, -0.25) is 4.79 Å². The molecule has 0 spiro atoms. The van der Waals surface area contributed by atoms with Gasteiger partial charge in [-0.05, 0) is 30.3 Å². The van der Waals surface area contributed by atoms with Crippen molar-refractivity contribution in [1.82, 2.24) is 4.98 Å². The molecule has 0 aliphatic heterocycles. The van der Waals surface area contributed by atoms with Crippen LogP contribution in [0.3, 0.4) is 0 Å². The standard InChI is InChI=1S/C15H8Cl2N2O3/c16-9-5-8-6-10(15(21)22-13(8)11(17)7-9)14(20)19-12-3-1-2-4-18-12/h1-7H,(H,18,19,20). The number of benzene rings is 1. The van der Waals surface area contributed by atoms with Crippen molar-refractivity contribution >= 4 is 45.9 Å². The van der Waals surface area contributed by atoms with Crippen molar-refractivity contribution in [3.8, 4) is 0 Å². The summed E-state index contributed by atoms with van der Waals surface area (Å²) < 4.78 is 5.11. The Labute approximate surface area is 134 Å². The number of hydrogen-bond donors (Lipinski definition) is 1. The summed E-state index contributed by atoms with van der Waals surface area (Å²) in [5.41, 5.74) is -0.757. The first-order chi connectivity index (χ1) is 10.5. The number of hydrogen-bond acceptors (Lipinski definition) is 4. The number of anilines is 1. The van der Waals surface area contributed by atoms with E-state index in [-0.39, 0.29) is 16.2 Å². The first-order valence-electron chi connectivity index (χ1n) is 6.20. The number of amides is 1. The monoisotopic (exact) mass is 334 g/mol. The average molecular weight is 335 g/mol. The molecule has 1 aromatic carbocycles. The van der Waals surface area contributed by atoms with Crippen LogP contribution in [0.15, 0.2) is 51.8 Å². The highest BCUT2D eigenvalue weighted by atomic mass is 35.5. The van der Waals surface area contributed by atoms with Crippen molar-refractivity contribution in [3.63, 3.8) is 0 Å². The molecule has 22 heavy (non-hydrogen) atoms. The lowest BCUT2D eigenvalue weighted by Crippen LogP contribution is -2.21. The van der Waals surface area contributed by atoms with Gasteiger partial charge in [-0.1, -0.05) is 29.3 Å². The van der Waals surface area contributed by atoms with Crippen molar-refractivity contribution in [3.05, 3.63) is 68.6 Å². The lowest BCUT2D eigenvalue weighted by Gasteiger charge is -2.05. The fraction of sp³-hybridized carbons (Fsp3) is 0. The van der Waals surface area contributed by atoms with Gasteiger partial charge in [0.1, 0.15) is 11.4 Å². The Morgan fingerprint density at radius 3 is 2.73 bits per heavy atom. The Morgan fingerprint density at radius 1 is 1.18 bits per heavy atom. The summed E-state index contributed by atoms with van der Waals surface area (Å²) >= 11 is 11.9. The van der Waals surface area contributed by atoms with E-state index in [2.05, 4.69) is 10.3 Å². The highest BCUT2D eigenvalue weighted by molar-refractivity contribution is 6.38. The minimum atomic E-state index is -0.787. The minimum absolute atomic E-state index is 0.156. The Hall–Kier alpha value is -2.37. The van der Waals surface area contributed by atoms with Gasteiger partial charge in [0.15, 0.2) is 5.58 Å². The molecule has 0 fully saturated rings. The van der Waals surface area contributed by atoms with Crippen LogP contribution in [0.5, 0.6) is 0 Å². The van der Waals surface area contributed by atoms with Crippen LogP contribution >= 0.6 is 23.2 Å². The number of carbonyl (C=O) groups is 1. The number of carbonyl (C=O) groups excluding carboxylic acids is 1. The van der Waals surface area contributed by atoms with Crippen LogP contribution in [-0.4, -0.2) is 10.9 Å². The molecule has 7 heteroatoms. The molecular formula is C15H8Cl2N2O3. The lowest BCUT2D eigenvalue weighted by atomic mass is 10.2. The van der Waals surface area contributed by atoms with Gasteiger partial charge in [0.25, 0.3) is 5.91 Å². The van der Waals surface area contributed by atoms with Gasteiger partial charge in [0.05, 0.1) is 5.02 Å². The third-order valence-electron chi connectivity index (χ3n) is 2.90. The first-order valence-corrected chi connectivity index (χ1v) is 6.95. The summed E-state index contributed by atoms with van der Waals surface area (Å²) in [4.78, 5) is 28.1. The van der Waals surface area contributed by atoms with Crippen LogP contribution in [0, 0.1) is 0 Å². The Bertz CT molecular complexity index is 923. The summed E-state index contributed by atoms with van der Waals surface area (Å²) in [5.74, 6) is -0.290. The predicted octanol–water partition coefficient (Wildman–Crippen LogP) is 3.75. The lowest BCUT2D eigenvalue weighted by molar-refractivity contribution is 0.102. The number of nitrogens with zero attached hydrogens (tertiary/aromatic N) is 1. The van der Waals surface area contributed by atoms with Crippen LogP contribution < -0.4 is 10.9 Å². The zero-order valence-electron chi connectivity index (χ0n) is 11.0. The van der Waals surface area contributed by atoms with E-state index in [1.54, 1.807) is 24.3 Å². The zero-order chi connectivity index (χ0) is 15.7. The van der Waals surface area contributed by atoms with Crippen molar-refractivity contribution < 1.29 is 9.21 Å². The second kappa shape index (κ2) is 5.79. The largest absolute Gasteiger partial charge is 0.421 e. The highest BCUT2D eigenvalue weighted by Crippen LogP contribution is 2.27. The Morgan fingerprint density at radius 2 is 2.00 bits per heavy atom. The second-order valence-corrected chi connectivity index (χ2v) is 5.27. The average Bonchev–Trinajstić information content (AvgIpc) is 2.48. The zero-order valence-corrected chi connectivity index (χ0v) is 12.5. The number of fused-ring (bicyclic) bond motifs is 1. The molecular weight excluding hydrogens is 327 g/mol. The molecule has 110 valence electrons. The minimum Gasteiger partial charge on any atom is -0.421 e. The van der Waals surface area contributed by atoms with E-state index in [9.17, 15) is 9.59 Å². The van der Waals surface area contributed by atoms with Gasteiger partial charge in [0.2, 0.25) is 0 Å². The van der Waals surface area contributed by atoms with E-state index in [1.807, 2.05) is 0 Å². The van der Waals surface area contributed by atoms with Gasteiger partial charge in [-0.2, -0.15) is 0 Å². The highest BCUT2D eigenvalue weighted by Gasteiger charge is 2.16. The van der Waals surface area contributed by atoms with Gasteiger partial charge >= 0.3 is 5.63 Å². The summed E-state index contributed by atoms with van der Waals surface area (Å²) in [6, 6.07) is 9.44. The molecule has 2 heterocycles. The molecule has 0 radical (unpaired) electrons. The van der Waals surface area contributed by atoms with Crippen LogP contribution in [0.1, 0.15) is 10.4 Å². The molecule has 0 saturated carbocycles. The maximum Gasteiger partial charge on any atom is 0.349 e. The van der Waals surface area contributed by atoms with Crippen LogP contribution in [0.25, 0.3) is 11.0 Å². The molecule has 0 aliphatic carbocycles. The molecule has 2 aromatic heterocycles. The SMILES string of the molecule is O=C(Nc1ccccn1)c1cc2cc(Cl)cc(Cl)c2oc1=O. The van der Waals surface area contributed by atoms with Gasteiger partial charge in [-0.25, -0.2) is 9.78 Å². The van der Waals surface area contributed by atoms with Crippen LogP contribution in [0.4, 0.5) is 5.82 Å². The third kappa shape index (κ3) is 2.81. The quantitative estimate of drug-likeness (QED) is 0.724. The molecule has 3 rings (SSSR count). The smallest absolute Gasteiger partial charge is 0.349 e.